The molecule has 0 N–H and O–H groups in total. The normalized spacial score (nSPS) is 12.2. The molecule has 0 amide bonds. The lowest BCUT2D eigenvalue weighted by atomic mass is 10.2. The lowest BCUT2D eigenvalue weighted by Crippen LogP contribution is -2.25. The van der Waals surface area contributed by atoms with Gasteiger partial charge in [-0.15, -0.1) is 0 Å². The molecule has 1 atom stereocenters. The van der Waals surface area contributed by atoms with Crippen molar-refractivity contribution in [2.75, 3.05) is 12.4 Å². The van der Waals surface area contributed by atoms with Gasteiger partial charge in [0.15, 0.2) is 0 Å². The number of rotatable bonds is 9. The van der Waals surface area contributed by atoms with E-state index in [-0.39, 0.29) is 0 Å². The third-order valence-corrected chi connectivity index (χ3v) is 5.29. The Balaban J connectivity index is 1.59. The predicted molar refractivity (Wildman–Crippen MR) is 106 cm³/mol. The molecular formula is C22H23NO2S. The Morgan fingerprint density at radius 3 is 1.65 bits per heavy atom. The summed E-state index contributed by atoms with van der Waals surface area (Å²) in [5.74, 6) is 0.476. The van der Waals surface area contributed by atoms with Gasteiger partial charge in [0.1, 0.15) is 0 Å². The Labute approximate surface area is 157 Å². The Morgan fingerprint density at radius 1 is 0.692 bits per heavy atom. The fraction of sp³-hybridized carbons (Fsp3) is 0.182. The van der Waals surface area contributed by atoms with E-state index in [0.29, 0.717) is 25.4 Å². The van der Waals surface area contributed by atoms with Gasteiger partial charge < -0.3 is 0 Å². The van der Waals surface area contributed by atoms with Crippen LogP contribution in [-0.4, -0.2) is 21.6 Å². The van der Waals surface area contributed by atoms with E-state index >= 15 is 0 Å². The number of benzene rings is 3. The first-order chi connectivity index (χ1) is 12.8. The second-order valence-electron chi connectivity index (χ2n) is 5.97. The molecule has 0 heterocycles. The Kier molecular flexibility index (Phi) is 7.14. The SMILES string of the molecule is O=S(CCON(Cc1ccccc1)Cc1ccccc1)c1ccccc1. The largest absolute Gasteiger partial charge is 0.297 e. The molecule has 3 rings (SSSR count). The van der Waals surface area contributed by atoms with Crippen molar-refractivity contribution in [1.82, 2.24) is 5.06 Å². The van der Waals surface area contributed by atoms with Gasteiger partial charge in [-0.2, -0.15) is 5.06 Å². The fourth-order valence-corrected chi connectivity index (χ4v) is 3.58. The van der Waals surface area contributed by atoms with Crippen molar-refractivity contribution in [3.05, 3.63) is 102 Å². The Morgan fingerprint density at radius 2 is 1.15 bits per heavy atom. The number of hydrogen-bond acceptors (Lipinski definition) is 3. The molecule has 0 aliphatic heterocycles. The van der Waals surface area contributed by atoms with Crippen LogP contribution in [-0.2, 0) is 28.7 Å². The smallest absolute Gasteiger partial charge is 0.0804 e. The molecule has 0 aliphatic carbocycles. The molecule has 0 radical (unpaired) electrons. The number of nitrogens with zero attached hydrogens (tertiary/aromatic N) is 1. The molecule has 134 valence electrons. The molecule has 0 aliphatic rings. The summed E-state index contributed by atoms with van der Waals surface area (Å²) in [6.45, 7) is 1.79. The minimum atomic E-state index is -1.04. The molecule has 3 aromatic rings. The van der Waals surface area contributed by atoms with Crippen molar-refractivity contribution in [2.24, 2.45) is 0 Å². The molecule has 0 aromatic heterocycles. The third kappa shape index (κ3) is 5.92. The van der Waals surface area contributed by atoms with Gasteiger partial charge in [0.05, 0.1) is 23.2 Å². The van der Waals surface area contributed by atoms with Gasteiger partial charge in [-0.1, -0.05) is 78.9 Å². The second-order valence-corrected chi connectivity index (χ2v) is 7.54. The van der Waals surface area contributed by atoms with Crippen molar-refractivity contribution < 1.29 is 9.05 Å². The van der Waals surface area contributed by atoms with Crippen LogP contribution >= 0.6 is 0 Å². The summed E-state index contributed by atoms with van der Waals surface area (Å²) in [4.78, 5) is 6.82. The summed E-state index contributed by atoms with van der Waals surface area (Å²) in [6.07, 6.45) is 0. The van der Waals surface area contributed by atoms with E-state index in [9.17, 15) is 4.21 Å². The summed E-state index contributed by atoms with van der Waals surface area (Å²) in [6, 6.07) is 30.0. The number of hydroxylamine groups is 2. The van der Waals surface area contributed by atoms with Gasteiger partial charge in [-0.05, 0) is 23.3 Å². The van der Waals surface area contributed by atoms with E-state index in [0.717, 1.165) is 4.90 Å². The van der Waals surface area contributed by atoms with E-state index in [2.05, 4.69) is 24.3 Å². The molecule has 0 saturated carbocycles. The first-order valence-electron chi connectivity index (χ1n) is 8.70. The van der Waals surface area contributed by atoms with Crippen LogP contribution < -0.4 is 0 Å². The maximum atomic E-state index is 12.4. The zero-order chi connectivity index (χ0) is 18.0. The van der Waals surface area contributed by atoms with Gasteiger partial charge in [0.2, 0.25) is 0 Å². The molecule has 26 heavy (non-hydrogen) atoms. The summed E-state index contributed by atoms with van der Waals surface area (Å²) >= 11 is 0. The van der Waals surface area contributed by atoms with Gasteiger partial charge in [0.25, 0.3) is 0 Å². The van der Waals surface area contributed by atoms with E-state index in [1.54, 1.807) is 0 Å². The highest BCUT2D eigenvalue weighted by atomic mass is 32.2. The monoisotopic (exact) mass is 365 g/mol. The van der Waals surface area contributed by atoms with Crippen molar-refractivity contribution in [2.45, 2.75) is 18.0 Å². The lowest BCUT2D eigenvalue weighted by molar-refractivity contribution is -0.168. The van der Waals surface area contributed by atoms with Crippen LogP contribution in [0.5, 0.6) is 0 Å². The molecule has 0 fully saturated rings. The van der Waals surface area contributed by atoms with Crippen LogP contribution in [0.1, 0.15) is 11.1 Å². The van der Waals surface area contributed by atoms with Gasteiger partial charge in [-0.3, -0.25) is 9.05 Å². The highest BCUT2D eigenvalue weighted by Gasteiger charge is 2.10. The van der Waals surface area contributed by atoms with Gasteiger partial charge in [0, 0.05) is 18.0 Å². The molecule has 4 heteroatoms. The number of hydrogen-bond donors (Lipinski definition) is 0. The molecule has 0 spiro atoms. The third-order valence-electron chi connectivity index (χ3n) is 3.95. The molecule has 0 bridgehead atoms. The zero-order valence-electron chi connectivity index (χ0n) is 14.7. The van der Waals surface area contributed by atoms with Crippen molar-refractivity contribution in [3.8, 4) is 0 Å². The van der Waals surface area contributed by atoms with Crippen LogP contribution in [0.4, 0.5) is 0 Å². The summed E-state index contributed by atoms with van der Waals surface area (Å²) in [5, 5.41) is 1.94. The lowest BCUT2D eigenvalue weighted by Gasteiger charge is -2.22. The van der Waals surface area contributed by atoms with Gasteiger partial charge in [-0.25, -0.2) is 0 Å². The van der Waals surface area contributed by atoms with E-state index in [4.69, 9.17) is 4.84 Å². The maximum absolute atomic E-state index is 12.4. The quantitative estimate of drug-likeness (QED) is 0.526. The first kappa shape index (κ1) is 18.5. The minimum Gasteiger partial charge on any atom is -0.297 e. The van der Waals surface area contributed by atoms with Crippen LogP contribution in [0.2, 0.25) is 0 Å². The Bertz CT molecular complexity index is 753. The Hall–Kier alpha value is -2.27. The van der Waals surface area contributed by atoms with Crippen molar-refractivity contribution in [3.63, 3.8) is 0 Å². The molecule has 3 nitrogen and oxygen atoms in total. The zero-order valence-corrected chi connectivity index (χ0v) is 15.5. The topological polar surface area (TPSA) is 29.5 Å². The minimum absolute atomic E-state index is 0.418. The van der Waals surface area contributed by atoms with Crippen molar-refractivity contribution >= 4 is 10.8 Å². The van der Waals surface area contributed by atoms with Crippen LogP contribution in [0.25, 0.3) is 0 Å². The van der Waals surface area contributed by atoms with Crippen LogP contribution in [0.15, 0.2) is 95.9 Å². The molecule has 3 aromatic carbocycles. The highest BCUT2D eigenvalue weighted by molar-refractivity contribution is 7.85. The average Bonchev–Trinajstić information content (AvgIpc) is 2.70. The summed E-state index contributed by atoms with van der Waals surface area (Å²) in [7, 11) is -1.04. The van der Waals surface area contributed by atoms with Gasteiger partial charge >= 0.3 is 0 Å². The van der Waals surface area contributed by atoms with E-state index < -0.39 is 10.8 Å². The van der Waals surface area contributed by atoms with Crippen LogP contribution in [0.3, 0.4) is 0 Å². The fourth-order valence-electron chi connectivity index (χ4n) is 2.65. The summed E-state index contributed by atoms with van der Waals surface area (Å²) in [5.41, 5.74) is 2.38. The molecular weight excluding hydrogens is 342 g/mol. The van der Waals surface area contributed by atoms with E-state index in [1.807, 2.05) is 71.8 Å². The standard InChI is InChI=1S/C22H23NO2S/c24-26(22-14-8-3-9-15-22)17-16-25-23(18-20-10-4-1-5-11-20)19-21-12-6-2-7-13-21/h1-15H,16-19H2. The predicted octanol–water partition coefficient (Wildman–Crippen LogP) is 4.43. The average molecular weight is 365 g/mol. The molecule has 1 unspecified atom stereocenters. The highest BCUT2D eigenvalue weighted by Crippen LogP contribution is 2.11. The maximum Gasteiger partial charge on any atom is 0.0804 e. The van der Waals surface area contributed by atoms with E-state index in [1.165, 1.54) is 11.1 Å². The molecule has 0 saturated heterocycles. The second kappa shape index (κ2) is 10.0. The van der Waals surface area contributed by atoms with Crippen molar-refractivity contribution in [1.29, 1.82) is 0 Å². The first-order valence-corrected chi connectivity index (χ1v) is 10.0. The summed E-state index contributed by atoms with van der Waals surface area (Å²) < 4.78 is 12.4. The van der Waals surface area contributed by atoms with Crippen LogP contribution in [0, 0.1) is 0 Å².